The van der Waals surface area contributed by atoms with E-state index in [0.717, 1.165) is 21.8 Å². The van der Waals surface area contributed by atoms with Crippen LogP contribution in [-0.2, 0) is 16.1 Å². The van der Waals surface area contributed by atoms with Crippen molar-refractivity contribution in [1.29, 1.82) is 0 Å². The van der Waals surface area contributed by atoms with E-state index in [1.807, 2.05) is 45.0 Å². The van der Waals surface area contributed by atoms with Gasteiger partial charge in [-0.05, 0) is 68.7 Å². The minimum atomic E-state index is -0.999. The van der Waals surface area contributed by atoms with Crippen LogP contribution in [0.1, 0.15) is 37.8 Å². The molecule has 9 nitrogen and oxygen atoms in total. The molecule has 188 valence electrons. The van der Waals surface area contributed by atoms with Crippen LogP contribution in [0, 0.1) is 6.92 Å². The van der Waals surface area contributed by atoms with Gasteiger partial charge in [-0.3, -0.25) is 19.8 Å². The van der Waals surface area contributed by atoms with Crippen LogP contribution in [-0.4, -0.2) is 59.0 Å². The van der Waals surface area contributed by atoms with Gasteiger partial charge in [-0.2, -0.15) is 0 Å². The number of benzene rings is 2. The molecule has 35 heavy (non-hydrogen) atoms. The fourth-order valence-corrected chi connectivity index (χ4v) is 3.26. The first-order valence-electron chi connectivity index (χ1n) is 11.1. The third-order valence-corrected chi connectivity index (χ3v) is 5.10. The van der Waals surface area contributed by atoms with Crippen molar-refractivity contribution in [3.8, 4) is 5.75 Å². The molecule has 0 fully saturated rings. The van der Waals surface area contributed by atoms with Gasteiger partial charge < -0.3 is 14.7 Å². The molecule has 2 aromatic carbocycles. The SMILES string of the molecule is Cc1cc(N=C(NC(=O)N(C=O)CCCC(=O)O)N(C)Cc2ccc(Cl)cc2)ccc1OC(C)C. The molecule has 3 amide bonds. The number of amides is 3. The van der Waals surface area contributed by atoms with E-state index in [4.69, 9.17) is 21.4 Å². The van der Waals surface area contributed by atoms with E-state index in [1.54, 1.807) is 30.1 Å². The number of carboxylic acids is 1. The molecule has 0 heterocycles. The molecular formula is C25H31ClN4O5. The standard InChI is InChI=1S/C25H31ClN4O5/c1-17(2)35-22-12-11-21(14-18(22)3)27-24(29(4)15-19-7-9-20(26)10-8-19)28-25(34)30(16-31)13-5-6-23(32)33/h7-12,14,16-17H,5-6,13,15H2,1-4H3,(H,32,33)(H,27,28,34). The zero-order valence-corrected chi connectivity index (χ0v) is 21.1. The Morgan fingerprint density at radius 3 is 2.46 bits per heavy atom. The molecule has 0 aliphatic heterocycles. The van der Waals surface area contributed by atoms with Gasteiger partial charge in [-0.25, -0.2) is 9.79 Å². The maximum absolute atomic E-state index is 12.8. The topological polar surface area (TPSA) is 112 Å². The van der Waals surface area contributed by atoms with Crippen LogP contribution in [0.25, 0.3) is 0 Å². The van der Waals surface area contributed by atoms with E-state index >= 15 is 0 Å². The summed E-state index contributed by atoms with van der Waals surface area (Å²) >= 11 is 5.98. The van der Waals surface area contributed by atoms with Gasteiger partial charge in [0.15, 0.2) is 0 Å². The molecule has 0 aliphatic carbocycles. The molecule has 2 rings (SSSR count). The summed E-state index contributed by atoms with van der Waals surface area (Å²) in [5, 5.41) is 12.1. The summed E-state index contributed by atoms with van der Waals surface area (Å²) < 4.78 is 5.78. The highest BCUT2D eigenvalue weighted by Crippen LogP contribution is 2.25. The zero-order chi connectivity index (χ0) is 26.0. The smallest absolute Gasteiger partial charge is 0.330 e. The van der Waals surface area contributed by atoms with Gasteiger partial charge in [0.05, 0.1) is 11.8 Å². The minimum Gasteiger partial charge on any atom is -0.491 e. The number of carboxylic acid groups (broad SMARTS) is 1. The van der Waals surface area contributed by atoms with Crippen molar-refractivity contribution in [2.45, 2.75) is 46.3 Å². The molecule has 2 aromatic rings. The lowest BCUT2D eigenvalue weighted by atomic mass is 10.2. The highest BCUT2D eigenvalue weighted by atomic mass is 35.5. The Hall–Kier alpha value is -3.59. The van der Waals surface area contributed by atoms with Gasteiger partial charge in [-0.1, -0.05) is 23.7 Å². The molecule has 10 heteroatoms. The summed E-state index contributed by atoms with van der Waals surface area (Å²) in [6.45, 7) is 6.17. The average molecular weight is 503 g/mol. The highest BCUT2D eigenvalue weighted by Gasteiger charge is 2.18. The van der Waals surface area contributed by atoms with Gasteiger partial charge >= 0.3 is 12.0 Å². The lowest BCUT2D eigenvalue weighted by Crippen LogP contribution is -2.48. The minimum absolute atomic E-state index is 0.0267. The number of hydrogen-bond donors (Lipinski definition) is 2. The van der Waals surface area contributed by atoms with Crippen molar-refractivity contribution in [3.63, 3.8) is 0 Å². The van der Waals surface area contributed by atoms with E-state index in [-0.39, 0.29) is 31.4 Å². The third kappa shape index (κ3) is 9.29. The van der Waals surface area contributed by atoms with Crippen molar-refractivity contribution in [1.82, 2.24) is 15.1 Å². The largest absolute Gasteiger partial charge is 0.491 e. The number of rotatable bonds is 10. The predicted molar refractivity (Wildman–Crippen MR) is 135 cm³/mol. The number of aliphatic imine (C=N–C) groups is 1. The van der Waals surface area contributed by atoms with Crippen LogP contribution in [0.5, 0.6) is 5.75 Å². The fraction of sp³-hybridized carbons (Fsp3) is 0.360. The molecule has 0 aliphatic rings. The van der Waals surface area contributed by atoms with Crippen LogP contribution in [0.2, 0.25) is 5.02 Å². The number of aryl methyl sites for hydroxylation is 1. The second-order valence-electron chi connectivity index (χ2n) is 8.26. The molecule has 0 radical (unpaired) electrons. The molecule has 0 spiro atoms. The summed E-state index contributed by atoms with van der Waals surface area (Å²) in [5.74, 6) is -0.0435. The Morgan fingerprint density at radius 2 is 1.89 bits per heavy atom. The van der Waals surface area contributed by atoms with Crippen LogP contribution in [0.15, 0.2) is 47.5 Å². The molecule has 0 aromatic heterocycles. The normalized spacial score (nSPS) is 11.2. The first-order chi connectivity index (χ1) is 16.6. The van der Waals surface area contributed by atoms with Gasteiger partial charge in [0.25, 0.3) is 0 Å². The van der Waals surface area contributed by atoms with Gasteiger partial charge in [-0.15, -0.1) is 0 Å². The summed E-state index contributed by atoms with van der Waals surface area (Å²) in [5.41, 5.74) is 2.40. The Morgan fingerprint density at radius 1 is 1.20 bits per heavy atom. The number of halogens is 1. The van der Waals surface area contributed by atoms with Crippen molar-refractivity contribution >= 4 is 41.7 Å². The number of nitrogens with zero attached hydrogens (tertiary/aromatic N) is 3. The van der Waals surface area contributed by atoms with Crippen LogP contribution in [0.4, 0.5) is 10.5 Å². The first kappa shape index (κ1) is 27.7. The second kappa shape index (κ2) is 13.3. The Balaban J connectivity index is 2.29. The first-order valence-corrected chi connectivity index (χ1v) is 11.5. The Labute approximate surface area is 210 Å². The predicted octanol–water partition coefficient (Wildman–Crippen LogP) is 4.59. The van der Waals surface area contributed by atoms with Gasteiger partial charge in [0, 0.05) is 31.6 Å². The van der Waals surface area contributed by atoms with E-state index in [2.05, 4.69) is 10.3 Å². The van der Waals surface area contributed by atoms with E-state index < -0.39 is 12.0 Å². The number of aliphatic carboxylic acids is 1. The average Bonchev–Trinajstić information content (AvgIpc) is 2.79. The molecule has 0 atom stereocenters. The number of imide groups is 1. The fourth-order valence-electron chi connectivity index (χ4n) is 3.13. The molecule has 0 saturated carbocycles. The number of urea groups is 1. The monoisotopic (exact) mass is 502 g/mol. The van der Waals surface area contributed by atoms with Crippen LogP contribution in [0.3, 0.4) is 0 Å². The molecular weight excluding hydrogens is 472 g/mol. The molecule has 0 unspecified atom stereocenters. The number of carbonyl (C=O) groups is 3. The van der Waals surface area contributed by atoms with Crippen molar-refractivity contribution in [2.75, 3.05) is 13.6 Å². The van der Waals surface area contributed by atoms with Crippen molar-refractivity contribution < 1.29 is 24.2 Å². The number of hydrogen-bond acceptors (Lipinski definition) is 5. The van der Waals surface area contributed by atoms with Crippen LogP contribution < -0.4 is 10.1 Å². The maximum atomic E-state index is 12.8. The third-order valence-electron chi connectivity index (χ3n) is 4.85. The number of guanidine groups is 1. The van der Waals surface area contributed by atoms with E-state index in [0.29, 0.717) is 23.7 Å². The Bertz CT molecular complexity index is 1060. The summed E-state index contributed by atoms with van der Waals surface area (Å²) in [7, 11) is 1.76. The summed E-state index contributed by atoms with van der Waals surface area (Å²) in [6, 6.07) is 12.0. The Kier molecular flexibility index (Phi) is 10.5. The number of nitrogens with one attached hydrogen (secondary N) is 1. The maximum Gasteiger partial charge on any atom is 0.330 e. The van der Waals surface area contributed by atoms with Crippen LogP contribution >= 0.6 is 11.6 Å². The summed E-state index contributed by atoms with van der Waals surface area (Å²) in [4.78, 5) is 42.2. The van der Waals surface area contributed by atoms with Gasteiger partial charge in [0.2, 0.25) is 12.4 Å². The van der Waals surface area contributed by atoms with Crippen molar-refractivity contribution in [3.05, 3.63) is 58.6 Å². The van der Waals surface area contributed by atoms with E-state index in [1.165, 1.54) is 0 Å². The summed E-state index contributed by atoms with van der Waals surface area (Å²) in [6.07, 6.45) is 0.388. The molecule has 0 saturated heterocycles. The molecule has 2 N–H and O–H groups in total. The number of carbonyl (C=O) groups excluding carboxylic acids is 2. The van der Waals surface area contributed by atoms with E-state index in [9.17, 15) is 14.4 Å². The quantitative estimate of drug-likeness (QED) is 0.279. The second-order valence-corrected chi connectivity index (χ2v) is 8.70. The lowest BCUT2D eigenvalue weighted by molar-refractivity contribution is -0.137. The van der Waals surface area contributed by atoms with Gasteiger partial charge in [0.1, 0.15) is 5.75 Å². The van der Waals surface area contributed by atoms with Crippen molar-refractivity contribution in [2.24, 2.45) is 4.99 Å². The highest BCUT2D eigenvalue weighted by molar-refractivity contribution is 6.30. The number of ether oxygens (including phenoxy) is 1. The molecule has 0 bridgehead atoms. The zero-order valence-electron chi connectivity index (χ0n) is 20.3. The lowest BCUT2D eigenvalue weighted by Gasteiger charge is -2.24.